The van der Waals surface area contributed by atoms with Crippen LogP contribution in [0.5, 0.6) is 0 Å². The lowest BCUT2D eigenvalue weighted by Gasteiger charge is -2.23. The number of halogens is 1. The van der Waals surface area contributed by atoms with E-state index in [1.807, 2.05) is 40.9 Å². The van der Waals surface area contributed by atoms with E-state index in [1.54, 1.807) is 24.0 Å². The molecule has 8 nitrogen and oxygen atoms in total. The number of rotatable bonds is 3. The monoisotopic (exact) mass is 434 g/mol. The highest BCUT2D eigenvalue weighted by molar-refractivity contribution is 6.32. The van der Waals surface area contributed by atoms with E-state index in [-0.39, 0.29) is 11.7 Å². The molecule has 1 amide bonds. The molecule has 4 heterocycles. The Kier molecular flexibility index (Phi) is 4.78. The number of fused-ring (bicyclic) bond motifs is 1. The first-order chi connectivity index (χ1) is 15.0. The normalized spacial score (nSPS) is 16.2. The molecule has 0 spiro atoms. The number of pyridine rings is 1. The summed E-state index contributed by atoms with van der Waals surface area (Å²) < 4.78 is 3.41. The molecule has 1 aromatic carbocycles. The largest absolute Gasteiger partial charge is 0.327 e. The Bertz CT molecular complexity index is 1360. The van der Waals surface area contributed by atoms with Gasteiger partial charge in [-0.25, -0.2) is 4.68 Å². The Labute approximate surface area is 182 Å². The van der Waals surface area contributed by atoms with E-state index < -0.39 is 11.3 Å². The molecular formula is C22H19ClN6O2. The van der Waals surface area contributed by atoms with Crippen LogP contribution in [0.4, 0.5) is 0 Å². The van der Waals surface area contributed by atoms with Crippen molar-refractivity contribution in [1.82, 2.24) is 29.3 Å². The summed E-state index contributed by atoms with van der Waals surface area (Å²) in [5, 5.41) is 13.4. The van der Waals surface area contributed by atoms with Crippen LogP contribution in [0.2, 0.25) is 5.02 Å². The minimum Gasteiger partial charge on any atom is -0.327 e. The van der Waals surface area contributed by atoms with Crippen LogP contribution in [-0.2, 0) is 0 Å². The molecule has 3 aromatic heterocycles. The van der Waals surface area contributed by atoms with Crippen molar-refractivity contribution in [1.29, 1.82) is 0 Å². The van der Waals surface area contributed by atoms with Crippen molar-refractivity contribution in [3.8, 4) is 5.69 Å². The second-order valence-electron chi connectivity index (χ2n) is 7.51. The SMILES string of the molecule is Cc1cc(=O)c(C(=O)N2CCC[C@@H]2c2nnc3ccccn23)nn1-c1ccccc1Cl. The second kappa shape index (κ2) is 7.63. The molecule has 1 aliphatic rings. The molecule has 9 heteroatoms. The number of likely N-dealkylation sites (tertiary alicyclic amines) is 1. The van der Waals surface area contributed by atoms with Crippen LogP contribution in [0.3, 0.4) is 0 Å². The summed E-state index contributed by atoms with van der Waals surface area (Å²) in [7, 11) is 0. The predicted molar refractivity (Wildman–Crippen MR) is 116 cm³/mol. The highest BCUT2D eigenvalue weighted by Crippen LogP contribution is 2.32. The molecule has 5 rings (SSSR count). The zero-order chi connectivity index (χ0) is 21.5. The van der Waals surface area contributed by atoms with Gasteiger partial charge in [-0.3, -0.25) is 14.0 Å². The highest BCUT2D eigenvalue weighted by atomic mass is 35.5. The Hall–Kier alpha value is -3.52. The average molecular weight is 435 g/mol. The summed E-state index contributed by atoms with van der Waals surface area (Å²) in [6.07, 6.45) is 3.43. The van der Waals surface area contributed by atoms with E-state index in [9.17, 15) is 9.59 Å². The van der Waals surface area contributed by atoms with Gasteiger partial charge in [0.05, 0.1) is 16.8 Å². The van der Waals surface area contributed by atoms with Crippen molar-refractivity contribution >= 4 is 23.2 Å². The Morgan fingerprint density at radius 3 is 2.77 bits per heavy atom. The minimum absolute atomic E-state index is 0.133. The van der Waals surface area contributed by atoms with Gasteiger partial charge in [0.2, 0.25) is 5.43 Å². The second-order valence-corrected chi connectivity index (χ2v) is 7.91. The summed E-state index contributed by atoms with van der Waals surface area (Å²) >= 11 is 6.32. The van der Waals surface area contributed by atoms with Crippen LogP contribution >= 0.6 is 11.6 Å². The van der Waals surface area contributed by atoms with Gasteiger partial charge >= 0.3 is 0 Å². The van der Waals surface area contributed by atoms with Gasteiger partial charge in [-0.05, 0) is 44.0 Å². The van der Waals surface area contributed by atoms with Crippen LogP contribution in [0.15, 0.2) is 59.5 Å². The molecule has 31 heavy (non-hydrogen) atoms. The fourth-order valence-electron chi connectivity index (χ4n) is 4.06. The van der Waals surface area contributed by atoms with Gasteiger partial charge < -0.3 is 4.90 Å². The Morgan fingerprint density at radius 2 is 1.94 bits per heavy atom. The fourth-order valence-corrected chi connectivity index (χ4v) is 4.28. The lowest BCUT2D eigenvalue weighted by molar-refractivity contribution is 0.0719. The Balaban J connectivity index is 1.56. The van der Waals surface area contributed by atoms with Gasteiger partial charge in [0.1, 0.15) is 0 Å². The standard InChI is InChI=1S/C22H19ClN6O2/c1-14-13-18(30)20(26-29(14)16-8-3-2-7-15(16)23)22(31)27-12-6-9-17(27)21-25-24-19-10-4-5-11-28(19)21/h2-5,7-8,10-11,13,17H,6,9,12H2,1H3/t17-/m1/s1. The van der Waals surface area contributed by atoms with Crippen molar-refractivity contribution in [3.63, 3.8) is 0 Å². The van der Waals surface area contributed by atoms with Crippen molar-refractivity contribution < 1.29 is 4.79 Å². The van der Waals surface area contributed by atoms with Crippen LogP contribution in [0, 0.1) is 6.92 Å². The Morgan fingerprint density at radius 1 is 1.13 bits per heavy atom. The van der Waals surface area contributed by atoms with E-state index in [1.165, 1.54) is 10.7 Å². The van der Waals surface area contributed by atoms with E-state index >= 15 is 0 Å². The molecule has 1 atom stereocenters. The number of amides is 1. The number of aromatic nitrogens is 5. The van der Waals surface area contributed by atoms with Crippen molar-refractivity contribution in [2.75, 3.05) is 6.54 Å². The van der Waals surface area contributed by atoms with Gasteiger partial charge in [0.15, 0.2) is 17.2 Å². The zero-order valence-electron chi connectivity index (χ0n) is 16.8. The molecule has 0 unspecified atom stereocenters. The van der Waals surface area contributed by atoms with Gasteiger partial charge in [-0.1, -0.05) is 29.8 Å². The van der Waals surface area contributed by atoms with Gasteiger partial charge in [0.25, 0.3) is 5.91 Å². The first-order valence-corrected chi connectivity index (χ1v) is 10.4. The number of nitrogens with zero attached hydrogens (tertiary/aromatic N) is 6. The highest BCUT2D eigenvalue weighted by Gasteiger charge is 2.35. The molecule has 1 aliphatic heterocycles. The number of benzene rings is 1. The molecule has 0 radical (unpaired) electrons. The number of hydrogen-bond donors (Lipinski definition) is 0. The van der Waals surface area contributed by atoms with E-state index in [2.05, 4.69) is 15.3 Å². The first-order valence-electron chi connectivity index (χ1n) is 10.0. The maximum Gasteiger partial charge on any atom is 0.279 e. The molecule has 0 saturated carbocycles. The van der Waals surface area contributed by atoms with Gasteiger partial charge in [-0.2, -0.15) is 5.10 Å². The smallest absolute Gasteiger partial charge is 0.279 e. The zero-order valence-corrected chi connectivity index (χ0v) is 17.5. The lowest BCUT2D eigenvalue weighted by Crippen LogP contribution is -2.36. The molecule has 0 aliphatic carbocycles. The third-order valence-electron chi connectivity index (χ3n) is 5.54. The number of para-hydroxylation sites is 1. The minimum atomic E-state index is -0.416. The summed E-state index contributed by atoms with van der Waals surface area (Å²) in [6, 6.07) is 14.0. The molecule has 156 valence electrons. The maximum absolute atomic E-state index is 13.4. The fraction of sp³-hybridized carbons (Fsp3) is 0.227. The maximum atomic E-state index is 13.4. The summed E-state index contributed by atoms with van der Waals surface area (Å²) in [4.78, 5) is 27.8. The van der Waals surface area contributed by atoms with E-state index in [4.69, 9.17) is 11.6 Å². The number of carbonyl (C=O) groups is 1. The summed E-state index contributed by atoms with van der Waals surface area (Å²) in [6.45, 7) is 2.28. The van der Waals surface area contributed by atoms with Gasteiger partial charge in [0, 0.05) is 24.5 Å². The van der Waals surface area contributed by atoms with Crippen molar-refractivity contribution in [2.45, 2.75) is 25.8 Å². The third-order valence-corrected chi connectivity index (χ3v) is 5.86. The summed E-state index contributed by atoms with van der Waals surface area (Å²) in [5.74, 6) is 0.265. The average Bonchev–Trinajstić information content (AvgIpc) is 3.41. The number of aryl methyl sites for hydroxylation is 1. The predicted octanol–water partition coefficient (Wildman–Crippen LogP) is 3.21. The van der Waals surface area contributed by atoms with Gasteiger partial charge in [-0.15, -0.1) is 10.2 Å². The third kappa shape index (κ3) is 3.29. The lowest BCUT2D eigenvalue weighted by atomic mass is 10.2. The summed E-state index contributed by atoms with van der Waals surface area (Å²) in [5.41, 5.74) is 1.37. The molecule has 0 bridgehead atoms. The number of hydrogen-bond acceptors (Lipinski definition) is 5. The van der Waals surface area contributed by atoms with E-state index in [0.29, 0.717) is 34.4 Å². The van der Waals surface area contributed by atoms with Crippen LogP contribution in [0.1, 0.15) is 40.9 Å². The van der Waals surface area contributed by atoms with Crippen molar-refractivity contribution in [2.24, 2.45) is 0 Å². The van der Waals surface area contributed by atoms with Crippen LogP contribution in [0.25, 0.3) is 11.3 Å². The van der Waals surface area contributed by atoms with Crippen LogP contribution in [-0.4, -0.2) is 41.7 Å². The molecular weight excluding hydrogens is 416 g/mol. The molecule has 0 N–H and O–H groups in total. The van der Waals surface area contributed by atoms with E-state index in [0.717, 1.165) is 12.8 Å². The molecule has 4 aromatic rings. The van der Waals surface area contributed by atoms with Crippen LogP contribution < -0.4 is 5.43 Å². The van der Waals surface area contributed by atoms with Crippen molar-refractivity contribution in [3.05, 3.63) is 87.2 Å². The topological polar surface area (TPSA) is 85.4 Å². The first kappa shape index (κ1) is 19.4. The quantitative estimate of drug-likeness (QED) is 0.494. The number of carbonyl (C=O) groups excluding carboxylic acids is 1. The molecule has 1 fully saturated rings. The molecule has 1 saturated heterocycles.